The van der Waals surface area contributed by atoms with Crippen molar-refractivity contribution in [3.63, 3.8) is 0 Å². The molecule has 0 saturated carbocycles. The average molecular weight is 383 g/mol. The van der Waals surface area contributed by atoms with Gasteiger partial charge in [0, 0.05) is 18.8 Å². The van der Waals surface area contributed by atoms with Gasteiger partial charge in [-0.05, 0) is 37.1 Å². The molecule has 0 atom stereocenters. The van der Waals surface area contributed by atoms with Gasteiger partial charge >= 0.3 is 5.97 Å². The van der Waals surface area contributed by atoms with Gasteiger partial charge in [0.15, 0.2) is 0 Å². The molecule has 3 heterocycles. The predicted octanol–water partition coefficient (Wildman–Crippen LogP) is 2.09. The van der Waals surface area contributed by atoms with Gasteiger partial charge in [-0.3, -0.25) is 14.5 Å². The number of rotatable bonds is 5. The molecule has 2 saturated heterocycles. The number of esters is 1. The van der Waals surface area contributed by atoms with Crippen molar-refractivity contribution in [1.29, 1.82) is 0 Å². The van der Waals surface area contributed by atoms with Crippen LogP contribution in [0.4, 0.5) is 5.69 Å². The number of para-hydroxylation sites is 1. The molecule has 2 aliphatic heterocycles. The van der Waals surface area contributed by atoms with E-state index in [0.717, 1.165) is 31.1 Å². The Hall–Kier alpha value is -2.80. The summed E-state index contributed by atoms with van der Waals surface area (Å²) in [6.45, 7) is 2.71. The molecule has 1 spiro atoms. The highest BCUT2D eigenvalue weighted by Crippen LogP contribution is 2.39. The van der Waals surface area contributed by atoms with Crippen molar-refractivity contribution in [3.05, 3.63) is 54.5 Å². The van der Waals surface area contributed by atoms with Crippen molar-refractivity contribution in [3.8, 4) is 0 Å². The van der Waals surface area contributed by atoms with Crippen LogP contribution in [0.25, 0.3) is 0 Å². The standard InChI is InChI=1S/C21H25N3O4/c1-27-19(25)15-23-16-24(17-6-3-2-4-7-17)21(20(23)26)9-11-22(12-10-21)14-18-8-5-13-28-18/h2-8,13H,9-12,14-16H2,1H3. The monoisotopic (exact) mass is 383 g/mol. The van der Waals surface area contributed by atoms with E-state index in [9.17, 15) is 9.59 Å². The van der Waals surface area contributed by atoms with E-state index in [-0.39, 0.29) is 12.5 Å². The molecular weight excluding hydrogens is 358 g/mol. The molecule has 7 nitrogen and oxygen atoms in total. The number of piperidine rings is 1. The van der Waals surface area contributed by atoms with Gasteiger partial charge in [-0.1, -0.05) is 18.2 Å². The Bertz CT molecular complexity index is 813. The minimum absolute atomic E-state index is 0.0133. The molecule has 2 aromatic rings. The number of hydrogen-bond acceptors (Lipinski definition) is 6. The molecule has 0 unspecified atom stereocenters. The van der Waals surface area contributed by atoms with Crippen molar-refractivity contribution in [2.24, 2.45) is 0 Å². The van der Waals surface area contributed by atoms with Gasteiger partial charge < -0.3 is 19.0 Å². The van der Waals surface area contributed by atoms with Gasteiger partial charge in [0.1, 0.15) is 17.8 Å². The van der Waals surface area contributed by atoms with Crippen LogP contribution in [0.1, 0.15) is 18.6 Å². The third-order valence-electron chi connectivity index (χ3n) is 5.77. The summed E-state index contributed by atoms with van der Waals surface area (Å²) >= 11 is 0. The molecule has 28 heavy (non-hydrogen) atoms. The van der Waals surface area contributed by atoms with E-state index < -0.39 is 11.5 Å². The van der Waals surface area contributed by atoms with Crippen molar-refractivity contribution in [2.75, 3.05) is 38.3 Å². The molecule has 148 valence electrons. The lowest BCUT2D eigenvalue weighted by molar-refractivity contribution is -0.146. The topological polar surface area (TPSA) is 66.2 Å². The number of carbonyl (C=O) groups excluding carboxylic acids is 2. The number of methoxy groups -OCH3 is 1. The minimum Gasteiger partial charge on any atom is -0.468 e. The van der Waals surface area contributed by atoms with E-state index >= 15 is 0 Å². The molecule has 0 bridgehead atoms. The molecule has 0 radical (unpaired) electrons. The smallest absolute Gasteiger partial charge is 0.325 e. The fourth-order valence-electron chi connectivity index (χ4n) is 4.25. The quantitative estimate of drug-likeness (QED) is 0.737. The van der Waals surface area contributed by atoms with Gasteiger partial charge in [0.25, 0.3) is 5.91 Å². The summed E-state index contributed by atoms with van der Waals surface area (Å²) in [7, 11) is 1.35. The number of anilines is 1. The van der Waals surface area contributed by atoms with Crippen molar-refractivity contribution < 1.29 is 18.7 Å². The SMILES string of the molecule is COC(=O)CN1CN(c2ccccc2)C2(CCN(Cc3ccco3)CC2)C1=O. The first kappa shape index (κ1) is 18.6. The zero-order valence-electron chi connectivity index (χ0n) is 16.0. The number of carbonyl (C=O) groups is 2. The van der Waals surface area contributed by atoms with Crippen LogP contribution < -0.4 is 4.90 Å². The highest BCUT2D eigenvalue weighted by atomic mass is 16.5. The molecule has 7 heteroatoms. The normalized spacial score (nSPS) is 19.4. The number of hydrogen-bond donors (Lipinski definition) is 0. The summed E-state index contributed by atoms with van der Waals surface area (Å²) < 4.78 is 10.2. The van der Waals surface area contributed by atoms with Crippen LogP contribution >= 0.6 is 0 Å². The van der Waals surface area contributed by atoms with Crippen LogP contribution in [0.15, 0.2) is 53.1 Å². The van der Waals surface area contributed by atoms with Crippen molar-refractivity contribution in [1.82, 2.24) is 9.80 Å². The summed E-state index contributed by atoms with van der Waals surface area (Å²) in [6, 6.07) is 13.8. The highest BCUT2D eigenvalue weighted by molar-refractivity contribution is 5.95. The van der Waals surface area contributed by atoms with E-state index in [1.807, 2.05) is 42.5 Å². The fraction of sp³-hybridized carbons (Fsp3) is 0.429. The molecule has 0 aliphatic carbocycles. The summed E-state index contributed by atoms with van der Waals surface area (Å²) in [5.74, 6) is 0.550. The average Bonchev–Trinajstić information content (AvgIpc) is 3.33. The Morgan fingerprint density at radius 1 is 1.14 bits per heavy atom. The number of furan rings is 1. The van der Waals surface area contributed by atoms with Crippen LogP contribution in [0.5, 0.6) is 0 Å². The van der Waals surface area contributed by atoms with Crippen LogP contribution in [0.2, 0.25) is 0 Å². The molecule has 4 rings (SSSR count). The lowest BCUT2D eigenvalue weighted by Gasteiger charge is -2.43. The largest absolute Gasteiger partial charge is 0.468 e. The van der Waals surface area contributed by atoms with Gasteiger partial charge in [0.2, 0.25) is 0 Å². The second-order valence-electron chi connectivity index (χ2n) is 7.37. The zero-order valence-corrected chi connectivity index (χ0v) is 16.0. The van der Waals surface area contributed by atoms with Gasteiger partial charge in [-0.15, -0.1) is 0 Å². The minimum atomic E-state index is -0.616. The Labute approximate surface area is 164 Å². The fourth-order valence-corrected chi connectivity index (χ4v) is 4.25. The Kier molecular flexibility index (Phi) is 5.09. The summed E-state index contributed by atoms with van der Waals surface area (Å²) in [5.41, 5.74) is 0.386. The first-order valence-electron chi connectivity index (χ1n) is 9.56. The maximum atomic E-state index is 13.4. The van der Waals surface area contributed by atoms with Crippen LogP contribution in [0.3, 0.4) is 0 Å². The third kappa shape index (κ3) is 3.38. The number of ether oxygens (including phenoxy) is 1. The Balaban J connectivity index is 1.55. The molecule has 1 aromatic heterocycles. The van der Waals surface area contributed by atoms with Gasteiger partial charge in [-0.2, -0.15) is 0 Å². The third-order valence-corrected chi connectivity index (χ3v) is 5.77. The lowest BCUT2D eigenvalue weighted by Crippen LogP contribution is -2.56. The van der Waals surface area contributed by atoms with E-state index in [4.69, 9.17) is 9.15 Å². The summed E-state index contributed by atoms with van der Waals surface area (Å²) in [5, 5.41) is 0. The maximum Gasteiger partial charge on any atom is 0.325 e. The number of nitrogens with zero attached hydrogens (tertiary/aromatic N) is 3. The summed E-state index contributed by atoms with van der Waals surface area (Å²) in [6.07, 6.45) is 3.10. The van der Waals surface area contributed by atoms with Gasteiger partial charge in [-0.25, -0.2) is 0 Å². The van der Waals surface area contributed by atoms with Gasteiger partial charge in [0.05, 0.1) is 26.6 Å². The van der Waals surface area contributed by atoms with Crippen molar-refractivity contribution >= 4 is 17.6 Å². The molecule has 1 aromatic carbocycles. The highest BCUT2D eigenvalue weighted by Gasteiger charge is 2.54. The molecule has 2 fully saturated rings. The maximum absolute atomic E-state index is 13.4. The number of benzene rings is 1. The van der Waals surface area contributed by atoms with E-state index in [0.29, 0.717) is 19.5 Å². The van der Waals surface area contributed by atoms with E-state index in [2.05, 4.69) is 9.80 Å². The van der Waals surface area contributed by atoms with E-state index in [1.165, 1.54) is 7.11 Å². The Morgan fingerprint density at radius 3 is 2.54 bits per heavy atom. The Morgan fingerprint density at radius 2 is 1.89 bits per heavy atom. The molecular formula is C21H25N3O4. The zero-order chi connectivity index (χ0) is 19.6. The lowest BCUT2D eigenvalue weighted by atomic mass is 9.85. The van der Waals surface area contributed by atoms with Crippen LogP contribution in [0, 0.1) is 0 Å². The molecule has 0 N–H and O–H groups in total. The first-order chi connectivity index (χ1) is 13.6. The number of amides is 1. The van der Waals surface area contributed by atoms with E-state index in [1.54, 1.807) is 11.2 Å². The summed E-state index contributed by atoms with van der Waals surface area (Å²) in [4.78, 5) is 31.3. The number of likely N-dealkylation sites (tertiary alicyclic amines) is 1. The second-order valence-corrected chi connectivity index (χ2v) is 7.37. The van der Waals surface area contributed by atoms with Crippen molar-refractivity contribution in [2.45, 2.75) is 24.9 Å². The van der Waals surface area contributed by atoms with Crippen LogP contribution in [-0.2, 0) is 20.9 Å². The van der Waals surface area contributed by atoms with Crippen LogP contribution in [-0.4, -0.2) is 60.6 Å². The molecule has 2 aliphatic rings. The first-order valence-corrected chi connectivity index (χ1v) is 9.56. The second kappa shape index (κ2) is 7.67. The molecule has 1 amide bonds. The predicted molar refractivity (Wildman–Crippen MR) is 103 cm³/mol.